The molecule has 2 heterocycles. The SMILES string of the molecule is CC(C)C[C@H](NC(=O)[C@H](Cc1cnc[nH]1)NC(=O)[C@H](CO)NC(=O)[C@H](CO)NC(=O)[C@H](Cc1cnc[nH]1)NC(=O)[C@H](C)NC(=O)[C@H](CCCN=C(N)N)NC(=O)[C@H](CO)NC(=O)CNC(CSC(c1ccccc1)(c1ccccc1)c1ccccc1)c1ccccc1[N+](=O)[O-])C(=O)N[C@@H](CCCCN)C(N)=O. The minimum atomic E-state index is -1.88. The minimum Gasteiger partial charge on any atom is -0.394 e. The summed E-state index contributed by atoms with van der Waals surface area (Å²) < 4.78 is -0.882. The quantitative estimate of drug-likeness (QED) is 0.00489. The summed E-state index contributed by atoms with van der Waals surface area (Å²) >= 11 is 1.48. The van der Waals surface area contributed by atoms with Crippen molar-refractivity contribution in [1.82, 2.24) is 73.1 Å². The summed E-state index contributed by atoms with van der Waals surface area (Å²) in [5.41, 5.74) is 25.6. The van der Waals surface area contributed by atoms with E-state index in [2.05, 4.69) is 78.1 Å². The Labute approximate surface area is 621 Å². The maximum Gasteiger partial charge on any atom is 0.274 e. The lowest BCUT2D eigenvalue weighted by atomic mass is 9.84. The number of unbranched alkanes of at least 4 members (excludes halogenated alkanes) is 1. The van der Waals surface area contributed by atoms with E-state index in [9.17, 15) is 73.4 Å². The summed E-state index contributed by atoms with van der Waals surface area (Å²) in [7, 11) is 0. The second kappa shape index (κ2) is 43.3. The van der Waals surface area contributed by atoms with Gasteiger partial charge in [0.1, 0.15) is 54.4 Å². The van der Waals surface area contributed by atoms with Gasteiger partial charge in [0.05, 0.1) is 48.7 Å². The third-order valence-corrected chi connectivity index (χ3v) is 18.6. The monoisotopic (exact) mass is 1500 g/mol. The number of benzene rings is 4. The van der Waals surface area contributed by atoms with Crippen LogP contribution >= 0.6 is 11.8 Å². The fourth-order valence-corrected chi connectivity index (χ4v) is 13.1. The molecule has 0 saturated heterocycles. The molecule has 23 N–H and O–H groups in total. The van der Waals surface area contributed by atoms with Crippen LogP contribution in [-0.4, -0.2) is 205 Å². The molecule has 0 aliphatic heterocycles. The number of imidazole rings is 2. The van der Waals surface area contributed by atoms with Gasteiger partial charge in [-0.25, -0.2) is 9.97 Å². The highest BCUT2D eigenvalue weighted by molar-refractivity contribution is 8.00. The number of aliphatic hydroxyl groups is 3. The molecule has 0 fully saturated rings. The molecule has 4 aromatic carbocycles. The van der Waals surface area contributed by atoms with Crippen molar-refractivity contribution in [3.05, 3.63) is 184 Å². The molecule has 0 bridgehead atoms. The molecule has 0 spiro atoms. The van der Waals surface area contributed by atoms with Crippen LogP contribution in [0.1, 0.15) is 99.0 Å². The van der Waals surface area contributed by atoms with Gasteiger partial charge in [0.25, 0.3) is 5.69 Å². The van der Waals surface area contributed by atoms with Crippen LogP contribution < -0.4 is 76.1 Å². The van der Waals surface area contributed by atoms with Crippen molar-refractivity contribution in [2.24, 2.45) is 33.8 Å². The molecule has 10 atom stereocenters. The van der Waals surface area contributed by atoms with Crippen molar-refractivity contribution in [2.45, 2.75) is 137 Å². The van der Waals surface area contributed by atoms with E-state index in [0.29, 0.717) is 25.1 Å². The molecule has 0 aliphatic rings. The zero-order valence-corrected chi connectivity index (χ0v) is 60.3. The largest absolute Gasteiger partial charge is 0.394 e. The highest BCUT2D eigenvalue weighted by Crippen LogP contribution is 2.50. The van der Waals surface area contributed by atoms with Gasteiger partial charge in [-0.15, -0.1) is 11.8 Å². The first kappa shape index (κ1) is 84.8. The number of nitrogens with two attached hydrogens (primary N) is 4. The van der Waals surface area contributed by atoms with E-state index in [1.807, 2.05) is 91.0 Å². The fraction of sp³-hybridized carbons (Fsp3) is 0.423. The lowest BCUT2D eigenvalue weighted by Crippen LogP contribution is -2.61. The molecule has 6 aromatic rings. The Bertz CT molecular complexity index is 3800. The van der Waals surface area contributed by atoms with E-state index in [1.165, 1.54) is 55.9 Å². The maximum atomic E-state index is 14.2. The van der Waals surface area contributed by atoms with Crippen molar-refractivity contribution in [2.75, 3.05) is 45.2 Å². The Morgan fingerprint density at radius 3 is 1.41 bits per heavy atom. The molecular formula is C71H96N20O15S. The highest BCUT2D eigenvalue weighted by Gasteiger charge is 2.40. The summed E-state index contributed by atoms with van der Waals surface area (Å²) in [5.74, 6) is -10.0. The van der Waals surface area contributed by atoms with E-state index in [-0.39, 0.29) is 79.6 Å². The molecule has 1 unspecified atom stereocenters. The van der Waals surface area contributed by atoms with Crippen molar-refractivity contribution >= 4 is 82.5 Å². The van der Waals surface area contributed by atoms with Gasteiger partial charge >= 0.3 is 0 Å². The molecule has 35 nitrogen and oxygen atoms in total. The molecule has 107 heavy (non-hydrogen) atoms. The average molecular weight is 1500 g/mol. The van der Waals surface area contributed by atoms with Crippen LogP contribution in [0, 0.1) is 16.0 Å². The number of nitro benzene ring substituents is 1. The van der Waals surface area contributed by atoms with E-state index in [4.69, 9.17) is 22.9 Å². The number of aromatic nitrogens is 4. The minimum absolute atomic E-state index is 0.0372. The lowest BCUT2D eigenvalue weighted by Gasteiger charge is -2.36. The van der Waals surface area contributed by atoms with Gasteiger partial charge < -0.3 is 101 Å². The number of aliphatic hydroxyl groups excluding tert-OH is 3. The zero-order valence-electron chi connectivity index (χ0n) is 59.5. The van der Waals surface area contributed by atoms with Gasteiger partial charge in [-0.3, -0.25) is 63.1 Å². The standard InChI is InChI=1S/C71H96N20O15S/c1-42(2)30-52(64(99)84-50(61(73)96)25-15-16-28-72)87-65(100)54(32-48-34-77-41-81-48)88-68(103)56(37-93)90-69(104)57(38-94)89-66(101)53(31-47-33-76-40-80-47)86-62(97)43(3)82-63(98)51(26-17-29-78-70(74)75)85-67(102)55(36-92)83-60(95)35-79-58(49-24-13-14-27-59(49)91(105)106)39-107-71(44-18-7-4-8-19-44,45-20-9-5-10-21-45)46-22-11-6-12-23-46/h4-14,18-24,27,33-34,40-43,50-58,79,92-94H,15-17,25-26,28-32,35-39,72H2,1-3H3,(H2,73,96)(H,76,80)(H,77,81)(H,82,98)(H,83,95)(H,84,99)(H,85,102)(H,86,97)(H,87,100)(H,88,103)(H,89,101)(H,90,104)(H4,74,75,78)/t43-,50-,51-,52-,53-,54-,55-,56-,57-,58?/m0/s1. The van der Waals surface area contributed by atoms with Gasteiger partial charge in [0, 0.05) is 66.6 Å². The number of guanidine groups is 1. The molecule has 576 valence electrons. The molecule has 0 aliphatic carbocycles. The van der Waals surface area contributed by atoms with Crippen LogP contribution in [0.15, 0.2) is 145 Å². The average Bonchev–Trinajstić information content (AvgIpc) is 1.51. The van der Waals surface area contributed by atoms with E-state index >= 15 is 0 Å². The number of nitrogens with one attached hydrogen (secondary N) is 12. The summed E-state index contributed by atoms with van der Waals surface area (Å²) in [5, 5.41) is 69.5. The Balaban J connectivity index is 1.13. The molecule has 2 aromatic heterocycles. The van der Waals surface area contributed by atoms with Gasteiger partial charge in [-0.05, 0) is 74.6 Å². The number of aliphatic imine (C=N–C) groups is 1. The number of nitro groups is 1. The number of nitrogens with zero attached hydrogens (tertiary/aromatic N) is 4. The Morgan fingerprint density at radius 1 is 0.533 bits per heavy atom. The number of hydrogen-bond acceptors (Lipinski definition) is 21. The molecule has 0 radical (unpaired) electrons. The van der Waals surface area contributed by atoms with Gasteiger partial charge in [-0.2, -0.15) is 0 Å². The molecular weight excluding hydrogens is 1400 g/mol. The van der Waals surface area contributed by atoms with Crippen LogP contribution in [0.2, 0.25) is 0 Å². The normalized spacial score (nSPS) is 14.1. The number of para-hydroxylation sites is 1. The first-order valence-corrected chi connectivity index (χ1v) is 35.6. The number of rotatable bonds is 46. The number of thioether (sulfide) groups is 1. The molecule has 10 amide bonds. The van der Waals surface area contributed by atoms with E-state index in [0.717, 1.165) is 16.7 Å². The number of carbonyl (C=O) groups excluding carboxylic acids is 10. The second-order valence-electron chi connectivity index (χ2n) is 25.5. The van der Waals surface area contributed by atoms with Crippen LogP contribution in [0.5, 0.6) is 0 Å². The van der Waals surface area contributed by atoms with Crippen molar-refractivity contribution in [3.63, 3.8) is 0 Å². The second-order valence-corrected chi connectivity index (χ2v) is 26.7. The van der Waals surface area contributed by atoms with Gasteiger partial charge in [0.15, 0.2) is 5.96 Å². The van der Waals surface area contributed by atoms with E-state index < -0.39 is 156 Å². The summed E-state index contributed by atoms with van der Waals surface area (Å²) in [4.78, 5) is 168. The number of amides is 10. The number of aromatic amines is 2. The predicted molar refractivity (Wildman–Crippen MR) is 396 cm³/mol. The Hall–Kier alpha value is -11.2. The Morgan fingerprint density at radius 2 is 0.953 bits per heavy atom. The van der Waals surface area contributed by atoms with Crippen molar-refractivity contribution in [3.8, 4) is 0 Å². The van der Waals surface area contributed by atoms with Crippen molar-refractivity contribution in [1.29, 1.82) is 0 Å². The van der Waals surface area contributed by atoms with Crippen LogP contribution in [-0.2, 0) is 65.5 Å². The first-order valence-electron chi connectivity index (χ1n) is 34.6. The summed E-state index contributed by atoms with van der Waals surface area (Å²) in [6, 6.07) is 20.5. The predicted octanol–water partition coefficient (Wildman–Crippen LogP) is -2.04. The molecule has 0 saturated carbocycles. The summed E-state index contributed by atoms with van der Waals surface area (Å²) in [6.07, 6.45) is 5.83. The molecule has 36 heteroatoms. The third kappa shape index (κ3) is 26.1. The van der Waals surface area contributed by atoms with Crippen LogP contribution in [0.4, 0.5) is 5.69 Å². The third-order valence-electron chi connectivity index (χ3n) is 17.0. The fourth-order valence-electron chi connectivity index (χ4n) is 11.4. The smallest absolute Gasteiger partial charge is 0.274 e. The lowest BCUT2D eigenvalue weighted by molar-refractivity contribution is -0.385. The Kier molecular flexibility index (Phi) is 34.3. The van der Waals surface area contributed by atoms with Crippen molar-refractivity contribution < 1.29 is 68.2 Å². The maximum absolute atomic E-state index is 14.2. The van der Waals surface area contributed by atoms with Crippen LogP contribution in [0.3, 0.4) is 0 Å². The summed E-state index contributed by atoms with van der Waals surface area (Å²) in [6.45, 7) is 1.39. The van der Waals surface area contributed by atoms with E-state index in [1.54, 1.807) is 26.0 Å². The first-order chi connectivity index (χ1) is 51.3. The zero-order chi connectivity index (χ0) is 78.0. The number of carbonyl (C=O) groups is 10. The number of hydrogen-bond donors (Lipinski definition) is 19. The number of primary amides is 1. The topological polar surface area (TPSA) is 569 Å². The highest BCUT2D eigenvalue weighted by atomic mass is 32.2. The van der Waals surface area contributed by atoms with Gasteiger partial charge in [-0.1, -0.05) is 123 Å². The number of H-pyrrole nitrogens is 2. The van der Waals surface area contributed by atoms with Gasteiger partial charge in [0.2, 0.25) is 59.1 Å². The van der Waals surface area contributed by atoms with Crippen LogP contribution in [0.25, 0.3) is 0 Å². The molecule has 6 rings (SSSR count).